The van der Waals surface area contributed by atoms with Gasteiger partial charge < -0.3 is 15.0 Å². The number of carbonyl (C=O) groups excluding carboxylic acids is 2. The molecule has 2 aromatic carbocycles. The van der Waals surface area contributed by atoms with E-state index < -0.39 is 6.04 Å². The molecule has 2 aromatic rings. The number of nitrogens with zero attached hydrogens (tertiary/aromatic N) is 1. The van der Waals surface area contributed by atoms with Crippen LogP contribution in [0.3, 0.4) is 0 Å². The molecular formula is C24H31ClN2O3. The molecule has 2 rings (SSSR count). The van der Waals surface area contributed by atoms with Crippen molar-refractivity contribution in [3.63, 3.8) is 0 Å². The lowest BCUT2D eigenvalue weighted by molar-refractivity contribution is -0.141. The Kier molecular flexibility index (Phi) is 8.30. The number of halogens is 1. The van der Waals surface area contributed by atoms with Crippen LogP contribution >= 0.6 is 11.6 Å². The lowest BCUT2D eigenvalue weighted by Gasteiger charge is -2.33. The molecule has 2 amide bonds. The third kappa shape index (κ3) is 7.06. The maximum absolute atomic E-state index is 13.3. The number of amides is 2. The highest BCUT2D eigenvalue weighted by Crippen LogP contribution is 2.19. The summed E-state index contributed by atoms with van der Waals surface area (Å²) in [5.41, 5.74) is 1.41. The highest BCUT2D eigenvalue weighted by molar-refractivity contribution is 6.30. The second-order valence-corrected chi connectivity index (χ2v) is 8.77. The lowest BCUT2D eigenvalue weighted by Crippen LogP contribution is -2.53. The summed E-state index contributed by atoms with van der Waals surface area (Å²) < 4.78 is 5.22. The number of rotatable bonds is 8. The fourth-order valence-electron chi connectivity index (χ4n) is 3.18. The van der Waals surface area contributed by atoms with Crippen molar-refractivity contribution in [2.45, 2.75) is 58.7 Å². The molecule has 0 bridgehead atoms. The van der Waals surface area contributed by atoms with Gasteiger partial charge in [-0.25, -0.2) is 0 Å². The number of benzene rings is 2. The van der Waals surface area contributed by atoms with Crippen molar-refractivity contribution in [2.75, 3.05) is 7.11 Å². The first-order valence-electron chi connectivity index (χ1n) is 10.1. The Hall–Kier alpha value is -2.53. The Morgan fingerprint density at radius 3 is 2.10 bits per heavy atom. The van der Waals surface area contributed by atoms with E-state index in [9.17, 15) is 9.59 Å². The van der Waals surface area contributed by atoms with Gasteiger partial charge in [-0.1, -0.05) is 42.8 Å². The van der Waals surface area contributed by atoms with Crippen LogP contribution in [0.2, 0.25) is 5.02 Å². The molecule has 0 radical (unpaired) electrons. The first-order valence-corrected chi connectivity index (χ1v) is 10.5. The van der Waals surface area contributed by atoms with Crippen LogP contribution < -0.4 is 10.1 Å². The van der Waals surface area contributed by atoms with E-state index in [1.807, 2.05) is 64.1 Å². The molecule has 5 nitrogen and oxygen atoms in total. The molecule has 1 unspecified atom stereocenters. The number of hydrogen-bond donors (Lipinski definition) is 1. The smallest absolute Gasteiger partial charge is 0.243 e. The summed E-state index contributed by atoms with van der Waals surface area (Å²) in [4.78, 5) is 27.9. The van der Waals surface area contributed by atoms with Gasteiger partial charge in [0.15, 0.2) is 0 Å². The zero-order valence-electron chi connectivity index (χ0n) is 18.4. The second kappa shape index (κ2) is 10.5. The molecule has 0 fully saturated rings. The average molecular weight is 431 g/mol. The topological polar surface area (TPSA) is 58.6 Å². The van der Waals surface area contributed by atoms with Gasteiger partial charge in [-0.05, 0) is 62.6 Å². The molecular weight excluding hydrogens is 400 g/mol. The molecule has 0 heterocycles. The highest BCUT2D eigenvalue weighted by atomic mass is 35.5. The second-order valence-electron chi connectivity index (χ2n) is 8.34. The summed E-state index contributed by atoms with van der Waals surface area (Å²) in [6.07, 6.45) is 0.719. The zero-order chi connectivity index (χ0) is 22.3. The van der Waals surface area contributed by atoms with Gasteiger partial charge in [-0.2, -0.15) is 0 Å². The van der Waals surface area contributed by atoms with Crippen molar-refractivity contribution in [2.24, 2.45) is 0 Å². The van der Waals surface area contributed by atoms with Gasteiger partial charge in [-0.3, -0.25) is 9.59 Å². The number of nitrogens with one attached hydrogen (secondary N) is 1. The Bertz CT molecular complexity index is 842. The Balaban J connectivity index is 2.29. The van der Waals surface area contributed by atoms with Crippen molar-refractivity contribution in [1.29, 1.82) is 0 Å². The normalized spacial score (nSPS) is 12.2. The van der Waals surface area contributed by atoms with Crippen molar-refractivity contribution >= 4 is 23.4 Å². The van der Waals surface area contributed by atoms with E-state index in [1.54, 1.807) is 24.1 Å². The Morgan fingerprint density at radius 1 is 1.03 bits per heavy atom. The standard InChI is InChI=1S/C24H31ClN2O3/c1-6-21(23(29)26-24(2,3)4)27(16-18-9-13-20(30-5)14-10-18)22(28)15-17-7-11-19(25)12-8-17/h7-14,21H,6,15-16H2,1-5H3,(H,26,29). The highest BCUT2D eigenvalue weighted by Gasteiger charge is 2.30. The van der Waals surface area contributed by atoms with Crippen molar-refractivity contribution in [1.82, 2.24) is 10.2 Å². The molecule has 0 aliphatic carbocycles. The lowest BCUT2D eigenvalue weighted by atomic mass is 10.0. The average Bonchev–Trinajstić information content (AvgIpc) is 2.68. The zero-order valence-corrected chi connectivity index (χ0v) is 19.1. The Labute approximate surface area is 184 Å². The summed E-state index contributed by atoms with van der Waals surface area (Å²) in [6, 6.07) is 14.2. The third-order valence-electron chi connectivity index (χ3n) is 4.66. The largest absolute Gasteiger partial charge is 0.497 e. The SMILES string of the molecule is CCC(C(=O)NC(C)(C)C)N(Cc1ccc(OC)cc1)C(=O)Cc1ccc(Cl)cc1. The van der Waals surface area contributed by atoms with Crippen LogP contribution in [0.5, 0.6) is 5.75 Å². The first kappa shape index (κ1) is 23.7. The first-order chi connectivity index (χ1) is 14.1. The van der Waals surface area contributed by atoms with Gasteiger partial charge >= 0.3 is 0 Å². The molecule has 0 aliphatic rings. The summed E-state index contributed by atoms with van der Waals surface area (Å²) in [7, 11) is 1.61. The fraction of sp³-hybridized carbons (Fsp3) is 0.417. The van der Waals surface area contributed by atoms with Crippen LogP contribution in [-0.4, -0.2) is 35.4 Å². The van der Waals surface area contributed by atoms with Crippen LogP contribution in [0.1, 0.15) is 45.2 Å². The minimum Gasteiger partial charge on any atom is -0.497 e. The number of hydrogen-bond acceptors (Lipinski definition) is 3. The van der Waals surface area contributed by atoms with Crippen LogP contribution in [0.4, 0.5) is 0 Å². The van der Waals surface area contributed by atoms with Gasteiger partial charge in [0.2, 0.25) is 11.8 Å². The summed E-state index contributed by atoms with van der Waals surface area (Å²) in [5, 5.41) is 3.63. The van der Waals surface area contributed by atoms with Gasteiger partial charge in [-0.15, -0.1) is 0 Å². The molecule has 0 spiro atoms. The fourth-order valence-corrected chi connectivity index (χ4v) is 3.30. The Morgan fingerprint density at radius 2 is 1.60 bits per heavy atom. The molecule has 6 heteroatoms. The summed E-state index contributed by atoms with van der Waals surface area (Å²) in [6.45, 7) is 8.05. The van der Waals surface area contributed by atoms with E-state index in [-0.39, 0.29) is 23.8 Å². The van der Waals surface area contributed by atoms with E-state index in [0.29, 0.717) is 18.0 Å². The molecule has 162 valence electrons. The van der Waals surface area contributed by atoms with Crippen molar-refractivity contribution < 1.29 is 14.3 Å². The number of methoxy groups -OCH3 is 1. The maximum atomic E-state index is 13.3. The van der Waals surface area contributed by atoms with Crippen LogP contribution in [0.15, 0.2) is 48.5 Å². The molecule has 1 atom stereocenters. The van der Waals surface area contributed by atoms with E-state index in [1.165, 1.54) is 0 Å². The van der Waals surface area contributed by atoms with Crippen molar-refractivity contribution in [3.05, 3.63) is 64.7 Å². The van der Waals surface area contributed by atoms with Crippen molar-refractivity contribution in [3.8, 4) is 5.75 Å². The van der Waals surface area contributed by atoms with Gasteiger partial charge in [0.25, 0.3) is 0 Å². The minimum atomic E-state index is -0.564. The van der Waals surface area contributed by atoms with Gasteiger partial charge in [0.05, 0.1) is 13.5 Å². The number of carbonyl (C=O) groups is 2. The van der Waals surface area contributed by atoms with Gasteiger partial charge in [0, 0.05) is 17.1 Å². The molecule has 0 saturated heterocycles. The predicted molar refractivity (Wildman–Crippen MR) is 121 cm³/mol. The summed E-state index contributed by atoms with van der Waals surface area (Å²) in [5.74, 6) is 0.488. The van der Waals surface area contributed by atoms with E-state index in [4.69, 9.17) is 16.3 Å². The molecule has 0 aromatic heterocycles. The molecule has 0 saturated carbocycles. The van der Waals surface area contributed by atoms with E-state index in [2.05, 4.69) is 5.32 Å². The van der Waals surface area contributed by atoms with Crippen LogP contribution in [-0.2, 0) is 22.6 Å². The van der Waals surface area contributed by atoms with Crippen LogP contribution in [0, 0.1) is 0 Å². The number of ether oxygens (including phenoxy) is 1. The minimum absolute atomic E-state index is 0.107. The summed E-state index contributed by atoms with van der Waals surface area (Å²) >= 11 is 5.96. The molecule has 0 aliphatic heterocycles. The van der Waals surface area contributed by atoms with E-state index >= 15 is 0 Å². The maximum Gasteiger partial charge on any atom is 0.243 e. The third-order valence-corrected chi connectivity index (χ3v) is 4.92. The van der Waals surface area contributed by atoms with Gasteiger partial charge in [0.1, 0.15) is 11.8 Å². The van der Waals surface area contributed by atoms with Crippen LogP contribution in [0.25, 0.3) is 0 Å². The quantitative estimate of drug-likeness (QED) is 0.665. The predicted octanol–water partition coefficient (Wildman–Crippen LogP) is 4.61. The van der Waals surface area contributed by atoms with E-state index in [0.717, 1.165) is 16.9 Å². The molecule has 30 heavy (non-hydrogen) atoms. The molecule has 1 N–H and O–H groups in total. The monoisotopic (exact) mass is 430 g/mol.